The number of hydrogen-bond donors (Lipinski definition) is 2. The molecule has 2 rings (SSSR count). The maximum absolute atomic E-state index is 12.4. The summed E-state index contributed by atoms with van der Waals surface area (Å²) in [5.74, 6) is 0.926. The normalized spacial score (nSPS) is 15.0. The van der Waals surface area contributed by atoms with Crippen molar-refractivity contribution in [2.45, 2.75) is 19.8 Å². The van der Waals surface area contributed by atoms with Crippen molar-refractivity contribution in [1.82, 2.24) is 15.5 Å². The second-order valence-electron chi connectivity index (χ2n) is 6.43. The Morgan fingerprint density at radius 2 is 1.81 bits per heavy atom. The van der Waals surface area contributed by atoms with E-state index in [1.807, 2.05) is 17.9 Å². The molecule has 1 aromatic carbocycles. The predicted octanol–water partition coefficient (Wildman–Crippen LogP) is 1.32. The molecule has 1 heterocycles. The number of piperazine rings is 1. The first-order chi connectivity index (χ1) is 13.2. The molecule has 150 valence electrons. The van der Waals surface area contributed by atoms with Crippen LogP contribution < -0.4 is 15.5 Å². The van der Waals surface area contributed by atoms with Crippen LogP contribution in [0.2, 0.25) is 0 Å². The van der Waals surface area contributed by atoms with Crippen LogP contribution in [0, 0.1) is 0 Å². The fourth-order valence-corrected chi connectivity index (χ4v) is 3.04. The second-order valence-corrected chi connectivity index (χ2v) is 6.43. The molecule has 7 heteroatoms. The van der Waals surface area contributed by atoms with E-state index in [1.54, 1.807) is 7.05 Å². The summed E-state index contributed by atoms with van der Waals surface area (Å²) >= 11 is 0. The van der Waals surface area contributed by atoms with Crippen molar-refractivity contribution in [3.05, 3.63) is 30.3 Å². The van der Waals surface area contributed by atoms with Gasteiger partial charge in [-0.25, -0.2) is 0 Å². The lowest BCUT2D eigenvalue weighted by molar-refractivity contribution is -0.131. The monoisotopic (exact) mass is 375 g/mol. The summed E-state index contributed by atoms with van der Waals surface area (Å²) in [6, 6.07) is 10.4. The highest BCUT2D eigenvalue weighted by atomic mass is 16.5. The number of ether oxygens (including phenoxy) is 1. The van der Waals surface area contributed by atoms with Crippen LogP contribution in [0.5, 0.6) is 0 Å². The van der Waals surface area contributed by atoms with Crippen molar-refractivity contribution in [1.29, 1.82) is 0 Å². The number of aliphatic imine (C=N–C) groups is 1. The maximum Gasteiger partial charge on any atom is 0.224 e. The average Bonchev–Trinajstić information content (AvgIpc) is 2.73. The van der Waals surface area contributed by atoms with Crippen LogP contribution in [0.1, 0.15) is 19.8 Å². The molecule has 0 aliphatic carbocycles. The fourth-order valence-electron chi connectivity index (χ4n) is 3.04. The van der Waals surface area contributed by atoms with E-state index in [2.05, 4.69) is 44.8 Å². The van der Waals surface area contributed by atoms with Gasteiger partial charge in [-0.05, 0) is 25.5 Å². The number of guanidine groups is 1. The Morgan fingerprint density at radius 1 is 1.11 bits per heavy atom. The zero-order valence-electron chi connectivity index (χ0n) is 16.6. The van der Waals surface area contributed by atoms with Crippen LogP contribution in [-0.2, 0) is 9.53 Å². The largest absolute Gasteiger partial charge is 0.382 e. The number of benzene rings is 1. The summed E-state index contributed by atoms with van der Waals surface area (Å²) in [7, 11) is 1.74. The second kappa shape index (κ2) is 12.2. The minimum Gasteiger partial charge on any atom is -0.382 e. The molecule has 1 aromatic rings. The smallest absolute Gasteiger partial charge is 0.224 e. The number of nitrogens with one attached hydrogen (secondary N) is 2. The number of rotatable bonds is 9. The molecule has 0 aromatic heterocycles. The van der Waals surface area contributed by atoms with Gasteiger partial charge in [-0.15, -0.1) is 0 Å². The summed E-state index contributed by atoms with van der Waals surface area (Å²) in [4.78, 5) is 20.9. The van der Waals surface area contributed by atoms with Crippen LogP contribution in [0.25, 0.3) is 0 Å². The molecule has 1 aliphatic rings. The number of anilines is 1. The van der Waals surface area contributed by atoms with Gasteiger partial charge in [0.05, 0.1) is 0 Å². The van der Waals surface area contributed by atoms with Crippen molar-refractivity contribution < 1.29 is 9.53 Å². The number of amides is 1. The first-order valence-electron chi connectivity index (χ1n) is 9.84. The highest BCUT2D eigenvalue weighted by Gasteiger charge is 2.20. The lowest BCUT2D eigenvalue weighted by atomic mass is 10.2. The third-order valence-electron chi connectivity index (χ3n) is 4.57. The number of carbonyl (C=O) groups is 1. The average molecular weight is 376 g/mol. The Kier molecular flexibility index (Phi) is 9.48. The Hall–Kier alpha value is -2.28. The fraction of sp³-hybridized carbons (Fsp3) is 0.600. The van der Waals surface area contributed by atoms with E-state index in [0.717, 1.165) is 58.3 Å². The number of nitrogens with zero attached hydrogens (tertiary/aromatic N) is 3. The van der Waals surface area contributed by atoms with Crippen LogP contribution in [0.3, 0.4) is 0 Å². The molecule has 0 unspecified atom stereocenters. The van der Waals surface area contributed by atoms with E-state index in [4.69, 9.17) is 4.74 Å². The standard InChI is InChI=1S/C20H33N5O2/c1-3-27-17-7-11-22-20(21-2)23-12-10-19(26)25-15-13-24(14-16-25)18-8-5-4-6-9-18/h4-6,8-9H,3,7,10-17H2,1-2H3,(H2,21,22,23). The molecule has 0 bridgehead atoms. The molecule has 7 nitrogen and oxygen atoms in total. The molecule has 0 saturated carbocycles. The number of hydrogen-bond acceptors (Lipinski definition) is 4. The molecular weight excluding hydrogens is 342 g/mol. The Labute approximate surface area is 162 Å². The van der Waals surface area contributed by atoms with Crippen LogP contribution >= 0.6 is 0 Å². The van der Waals surface area contributed by atoms with Crippen molar-refractivity contribution in [2.24, 2.45) is 4.99 Å². The first kappa shape index (κ1) is 21.0. The lowest BCUT2D eigenvalue weighted by Crippen LogP contribution is -2.49. The SMILES string of the molecule is CCOCCCNC(=NC)NCCC(=O)N1CCN(c2ccccc2)CC1. The summed E-state index contributed by atoms with van der Waals surface area (Å²) in [6.45, 7) is 8.18. The van der Waals surface area contributed by atoms with E-state index in [0.29, 0.717) is 13.0 Å². The third kappa shape index (κ3) is 7.46. The minimum atomic E-state index is 0.196. The Balaban J connectivity index is 1.61. The van der Waals surface area contributed by atoms with Crippen molar-refractivity contribution in [3.8, 4) is 0 Å². The molecule has 1 aliphatic heterocycles. The summed E-state index contributed by atoms with van der Waals surface area (Å²) in [5.41, 5.74) is 1.23. The molecular formula is C20H33N5O2. The molecule has 0 atom stereocenters. The summed E-state index contributed by atoms with van der Waals surface area (Å²) in [5, 5.41) is 6.44. The molecule has 0 spiro atoms. The lowest BCUT2D eigenvalue weighted by Gasteiger charge is -2.36. The van der Waals surface area contributed by atoms with Gasteiger partial charge >= 0.3 is 0 Å². The van der Waals surface area contributed by atoms with Gasteiger partial charge < -0.3 is 25.2 Å². The van der Waals surface area contributed by atoms with Crippen molar-refractivity contribution in [3.63, 3.8) is 0 Å². The molecule has 2 N–H and O–H groups in total. The number of carbonyl (C=O) groups excluding carboxylic acids is 1. The van der Waals surface area contributed by atoms with Gasteiger partial charge in [-0.1, -0.05) is 18.2 Å². The quantitative estimate of drug-likeness (QED) is 0.387. The molecule has 1 saturated heterocycles. The van der Waals surface area contributed by atoms with E-state index in [-0.39, 0.29) is 5.91 Å². The highest BCUT2D eigenvalue weighted by Crippen LogP contribution is 2.15. The van der Waals surface area contributed by atoms with Gasteiger partial charge in [-0.2, -0.15) is 0 Å². The Bertz CT molecular complexity index is 571. The molecule has 1 amide bonds. The topological polar surface area (TPSA) is 69.2 Å². The zero-order chi connectivity index (χ0) is 19.3. The van der Waals surface area contributed by atoms with E-state index < -0.39 is 0 Å². The van der Waals surface area contributed by atoms with E-state index in [9.17, 15) is 4.79 Å². The molecule has 0 radical (unpaired) electrons. The highest BCUT2D eigenvalue weighted by molar-refractivity contribution is 5.81. The van der Waals surface area contributed by atoms with Gasteiger partial charge in [0.1, 0.15) is 0 Å². The van der Waals surface area contributed by atoms with Gasteiger partial charge in [-0.3, -0.25) is 9.79 Å². The first-order valence-corrected chi connectivity index (χ1v) is 9.84. The zero-order valence-corrected chi connectivity index (χ0v) is 16.6. The van der Waals surface area contributed by atoms with E-state index >= 15 is 0 Å². The molecule has 1 fully saturated rings. The van der Waals surface area contributed by atoms with Gasteiger partial charge in [0.25, 0.3) is 0 Å². The molecule has 27 heavy (non-hydrogen) atoms. The van der Waals surface area contributed by atoms with Crippen LogP contribution in [0.4, 0.5) is 5.69 Å². The van der Waals surface area contributed by atoms with Crippen LogP contribution in [0.15, 0.2) is 35.3 Å². The van der Waals surface area contributed by atoms with Crippen molar-refractivity contribution in [2.75, 3.05) is 64.4 Å². The summed E-state index contributed by atoms with van der Waals surface area (Å²) in [6.07, 6.45) is 1.41. The summed E-state index contributed by atoms with van der Waals surface area (Å²) < 4.78 is 5.31. The predicted molar refractivity (Wildman–Crippen MR) is 110 cm³/mol. The minimum absolute atomic E-state index is 0.196. The van der Waals surface area contributed by atoms with E-state index in [1.165, 1.54) is 5.69 Å². The Morgan fingerprint density at radius 3 is 2.48 bits per heavy atom. The third-order valence-corrected chi connectivity index (χ3v) is 4.57. The van der Waals surface area contributed by atoms with Gasteiger partial charge in [0, 0.05) is 71.6 Å². The van der Waals surface area contributed by atoms with Gasteiger partial charge in [0.15, 0.2) is 5.96 Å². The van der Waals surface area contributed by atoms with Crippen LogP contribution in [-0.4, -0.2) is 76.3 Å². The van der Waals surface area contributed by atoms with Gasteiger partial charge in [0.2, 0.25) is 5.91 Å². The maximum atomic E-state index is 12.4. The number of para-hydroxylation sites is 1. The van der Waals surface area contributed by atoms with Crippen molar-refractivity contribution >= 4 is 17.6 Å².